The number of aromatic nitrogens is 2. The third-order valence-corrected chi connectivity index (χ3v) is 2.82. The average Bonchev–Trinajstić information content (AvgIpc) is 2.34. The number of nitrogens with zero attached hydrogens (tertiary/aromatic N) is 3. The number of ether oxygens (including phenoxy) is 1. The Bertz CT molecular complexity index is 368. The van der Waals surface area contributed by atoms with Crippen molar-refractivity contribution in [2.45, 2.75) is 19.4 Å². The Morgan fingerprint density at radius 3 is 3.12 bits per heavy atom. The summed E-state index contributed by atoms with van der Waals surface area (Å²) >= 11 is 0. The van der Waals surface area contributed by atoms with Gasteiger partial charge in [0.05, 0.1) is 12.3 Å². The second kappa shape index (κ2) is 5.93. The largest absolute Gasteiger partial charge is 0.477 e. The van der Waals surface area contributed by atoms with E-state index in [-0.39, 0.29) is 0 Å². The summed E-state index contributed by atoms with van der Waals surface area (Å²) in [6.45, 7) is 3.55. The molecule has 17 heavy (non-hydrogen) atoms. The minimum atomic E-state index is 0.710. The van der Waals surface area contributed by atoms with E-state index >= 15 is 0 Å². The van der Waals surface area contributed by atoms with Gasteiger partial charge < -0.3 is 15.0 Å². The molecule has 0 saturated heterocycles. The van der Waals surface area contributed by atoms with Crippen LogP contribution in [0.25, 0.3) is 0 Å². The van der Waals surface area contributed by atoms with Gasteiger partial charge in [-0.3, -0.25) is 0 Å². The predicted molar refractivity (Wildman–Crippen MR) is 66.1 cm³/mol. The zero-order valence-corrected chi connectivity index (χ0v) is 10.6. The van der Waals surface area contributed by atoms with Crippen molar-refractivity contribution < 1.29 is 4.74 Å². The number of nitrogens with one attached hydrogen (secondary N) is 1. The zero-order valence-electron chi connectivity index (χ0n) is 10.6. The van der Waals surface area contributed by atoms with E-state index < -0.39 is 0 Å². The lowest BCUT2D eigenvalue weighted by atomic mass is 10.1. The smallest absolute Gasteiger partial charge is 0.221 e. The molecule has 5 nitrogen and oxygen atoms in total. The Hall–Kier alpha value is -1.20. The van der Waals surface area contributed by atoms with Crippen LogP contribution in [0.1, 0.15) is 17.7 Å². The fraction of sp³-hybridized carbons (Fsp3) is 0.667. The molecule has 0 bridgehead atoms. The van der Waals surface area contributed by atoms with Gasteiger partial charge in [0.2, 0.25) is 5.88 Å². The summed E-state index contributed by atoms with van der Waals surface area (Å²) in [4.78, 5) is 10.7. The van der Waals surface area contributed by atoms with Crippen LogP contribution in [0.3, 0.4) is 0 Å². The Morgan fingerprint density at radius 2 is 2.29 bits per heavy atom. The summed E-state index contributed by atoms with van der Waals surface area (Å²) in [5, 5.41) is 3.32. The molecule has 0 atom stereocenters. The number of hydrogen-bond donors (Lipinski definition) is 1. The number of fused-ring (bicyclic) bond motifs is 1. The summed E-state index contributed by atoms with van der Waals surface area (Å²) < 4.78 is 5.74. The zero-order chi connectivity index (χ0) is 12.1. The first-order chi connectivity index (χ1) is 8.27. The Morgan fingerprint density at radius 1 is 1.41 bits per heavy atom. The van der Waals surface area contributed by atoms with Gasteiger partial charge in [-0.15, -0.1) is 0 Å². The highest BCUT2D eigenvalue weighted by molar-refractivity contribution is 5.31. The fourth-order valence-corrected chi connectivity index (χ4v) is 1.92. The molecule has 0 fully saturated rings. The van der Waals surface area contributed by atoms with Crippen LogP contribution >= 0.6 is 0 Å². The van der Waals surface area contributed by atoms with Crippen LogP contribution in [-0.2, 0) is 13.0 Å². The molecule has 1 aliphatic rings. The topological polar surface area (TPSA) is 50.3 Å². The third-order valence-electron chi connectivity index (χ3n) is 2.82. The van der Waals surface area contributed by atoms with Crippen molar-refractivity contribution in [1.82, 2.24) is 20.2 Å². The average molecular weight is 236 g/mol. The highest BCUT2D eigenvalue weighted by atomic mass is 16.5. The highest BCUT2D eigenvalue weighted by Gasteiger charge is 2.15. The molecular formula is C12H20N4O. The van der Waals surface area contributed by atoms with E-state index in [1.165, 1.54) is 0 Å². The molecule has 2 heterocycles. The summed E-state index contributed by atoms with van der Waals surface area (Å²) in [6.07, 6.45) is 3.58. The quantitative estimate of drug-likeness (QED) is 0.752. The van der Waals surface area contributed by atoms with Crippen molar-refractivity contribution in [3.05, 3.63) is 17.6 Å². The van der Waals surface area contributed by atoms with Crippen molar-refractivity contribution in [1.29, 1.82) is 0 Å². The summed E-state index contributed by atoms with van der Waals surface area (Å²) in [5.74, 6) is 0.751. The van der Waals surface area contributed by atoms with Crippen molar-refractivity contribution in [3.63, 3.8) is 0 Å². The van der Waals surface area contributed by atoms with Crippen molar-refractivity contribution in [2.75, 3.05) is 33.8 Å². The lowest BCUT2D eigenvalue weighted by Crippen LogP contribution is -2.26. The monoisotopic (exact) mass is 236 g/mol. The fourth-order valence-electron chi connectivity index (χ4n) is 1.92. The van der Waals surface area contributed by atoms with Crippen LogP contribution in [0.4, 0.5) is 0 Å². The molecule has 94 valence electrons. The summed E-state index contributed by atoms with van der Waals surface area (Å²) in [5.41, 5.74) is 2.25. The second-order valence-corrected chi connectivity index (χ2v) is 4.54. The van der Waals surface area contributed by atoms with Crippen molar-refractivity contribution >= 4 is 0 Å². The molecule has 0 spiro atoms. The molecule has 5 heteroatoms. The Kier molecular flexibility index (Phi) is 4.28. The second-order valence-electron chi connectivity index (χ2n) is 4.54. The van der Waals surface area contributed by atoms with Gasteiger partial charge in [-0.25, -0.2) is 9.97 Å². The van der Waals surface area contributed by atoms with Crippen LogP contribution in [-0.4, -0.2) is 48.7 Å². The van der Waals surface area contributed by atoms with E-state index in [2.05, 4.69) is 34.3 Å². The molecule has 1 aliphatic heterocycles. The first-order valence-electron chi connectivity index (χ1n) is 6.08. The molecule has 1 aromatic rings. The van der Waals surface area contributed by atoms with Crippen molar-refractivity contribution in [2.24, 2.45) is 0 Å². The molecule has 1 N–H and O–H groups in total. The molecule has 2 rings (SSSR count). The normalized spacial score (nSPS) is 14.8. The van der Waals surface area contributed by atoms with Crippen LogP contribution in [0.2, 0.25) is 0 Å². The first kappa shape index (κ1) is 12.3. The minimum absolute atomic E-state index is 0.710. The maximum Gasteiger partial charge on any atom is 0.221 e. The maximum absolute atomic E-state index is 5.74. The van der Waals surface area contributed by atoms with Crippen LogP contribution < -0.4 is 10.1 Å². The van der Waals surface area contributed by atoms with E-state index in [0.29, 0.717) is 6.61 Å². The van der Waals surface area contributed by atoms with Gasteiger partial charge in [0, 0.05) is 31.6 Å². The van der Waals surface area contributed by atoms with Gasteiger partial charge in [0.15, 0.2) is 0 Å². The highest BCUT2D eigenvalue weighted by Crippen LogP contribution is 2.20. The minimum Gasteiger partial charge on any atom is -0.477 e. The molecule has 0 unspecified atom stereocenters. The molecular weight excluding hydrogens is 216 g/mol. The summed E-state index contributed by atoms with van der Waals surface area (Å²) in [7, 11) is 4.13. The van der Waals surface area contributed by atoms with Gasteiger partial charge >= 0.3 is 0 Å². The van der Waals surface area contributed by atoms with Gasteiger partial charge in [-0.1, -0.05) is 0 Å². The SMILES string of the molecule is CN(C)CCCOc1ncnc2c1CNCC2. The molecule has 0 radical (unpaired) electrons. The molecule has 0 aromatic carbocycles. The molecule has 0 saturated carbocycles. The molecule has 1 aromatic heterocycles. The van der Waals surface area contributed by atoms with Gasteiger partial charge in [0.1, 0.15) is 6.33 Å². The van der Waals surface area contributed by atoms with Crippen LogP contribution in [0.5, 0.6) is 5.88 Å². The van der Waals surface area contributed by atoms with E-state index in [4.69, 9.17) is 4.74 Å². The maximum atomic E-state index is 5.74. The van der Waals surface area contributed by atoms with Crippen LogP contribution in [0.15, 0.2) is 6.33 Å². The van der Waals surface area contributed by atoms with Crippen LogP contribution in [0, 0.1) is 0 Å². The standard InChI is InChI=1S/C12H20N4O/c1-16(2)6-3-7-17-12-10-8-13-5-4-11(10)14-9-15-12/h9,13H,3-8H2,1-2H3. The number of hydrogen-bond acceptors (Lipinski definition) is 5. The summed E-state index contributed by atoms with van der Waals surface area (Å²) in [6, 6.07) is 0. The van der Waals surface area contributed by atoms with E-state index in [0.717, 1.165) is 49.6 Å². The Balaban J connectivity index is 1.92. The third kappa shape index (κ3) is 3.38. The van der Waals surface area contributed by atoms with Gasteiger partial charge in [0.25, 0.3) is 0 Å². The van der Waals surface area contributed by atoms with Gasteiger partial charge in [-0.2, -0.15) is 0 Å². The van der Waals surface area contributed by atoms with Gasteiger partial charge in [-0.05, 0) is 20.5 Å². The molecule has 0 aliphatic carbocycles. The first-order valence-corrected chi connectivity index (χ1v) is 6.08. The van der Waals surface area contributed by atoms with Crippen molar-refractivity contribution in [3.8, 4) is 5.88 Å². The Labute approximate surface area is 102 Å². The van der Waals surface area contributed by atoms with E-state index in [1.807, 2.05) is 0 Å². The molecule has 0 amide bonds. The van der Waals surface area contributed by atoms with E-state index in [9.17, 15) is 0 Å². The predicted octanol–water partition coefficient (Wildman–Crippen LogP) is 0.453. The number of rotatable bonds is 5. The lowest BCUT2D eigenvalue weighted by Gasteiger charge is -2.18. The lowest BCUT2D eigenvalue weighted by molar-refractivity contribution is 0.268. The van der Waals surface area contributed by atoms with E-state index in [1.54, 1.807) is 6.33 Å².